The standard InChI is InChI=1S/C44H36N4/c1-28-25-29-11-8-16-34(26-29)44(28)38-19-7-6-17-36(38)40-37(18-10-20-39(40)44)43-47-41(31-12-4-3-5-13-31)46-42(48-43)33-15-9-14-32(27-33)30-21-23-35(45-2)24-22-30/h3-7,9-10,12-15,17-24,27-29,34H,8,11,16,25-26H2,1H3/t28-,29+,34+,44?/m1/s1. The first kappa shape index (κ1) is 28.8. The molecule has 6 aromatic rings. The van der Waals surface area contributed by atoms with E-state index < -0.39 is 0 Å². The van der Waals surface area contributed by atoms with Crippen molar-refractivity contribution in [3.8, 4) is 56.4 Å². The molecule has 4 nitrogen and oxygen atoms in total. The highest BCUT2D eigenvalue weighted by molar-refractivity contribution is 5.92. The first-order valence-corrected chi connectivity index (χ1v) is 17.3. The Labute approximate surface area is 282 Å². The molecule has 48 heavy (non-hydrogen) atoms. The van der Waals surface area contributed by atoms with Crippen molar-refractivity contribution in [1.29, 1.82) is 0 Å². The summed E-state index contributed by atoms with van der Waals surface area (Å²) >= 11 is 0. The molecule has 2 bridgehead atoms. The molecular formula is C44H36N4. The minimum atomic E-state index is 0.0219. The van der Waals surface area contributed by atoms with Crippen molar-refractivity contribution in [1.82, 2.24) is 15.0 Å². The van der Waals surface area contributed by atoms with Crippen molar-refractivity contribution in [2.45, 2.75) is 44.4 Å². The lowest BCUT2D eigenvalue weighted by Gasteiger charge is -2.53. The second-order valence-corrected chi connectivity index (χ2v) is 13.9. The van der Waals surface area contributed by atoms with Crippen LogP contribution in [0.4, 0.5) is 5.69 Å². The number of rotatable bonds is 4. The van der Waals surface area contributed by atoms with E-state index in [2.05, 4.69) is 90.6 Å². The summed E-state index contributed by atoms with van der Waals surface area (Å²) in [7, 11) is 0. The van der Waals surface area contributed by atoms with Gasteiger partial charge in [0.2, 0.25) is 0 Å². The first-order chi connectivity index (χ1) is 23.6. The van der Waals surface area contributed by atoms with Gasteiger partial charge in [0, 0.05) is 22.1 Å². The maximum atomic E-state index is 7.33. The Balaban J connectivity index is 1.25. The molecule has 0 aliphatic heterocycles. The number of fused-ring (bicyclic) bond motifs is 8. The molecule has 2 saturated carbocycles. The fourth-order valence-corrected chi connectivity index (χ4v) is 9.47. The zero-order valence-corrected chi connectivity index (χ0v) is 27.1. The van der Waals surface area contributed by atoms with E-state index in [0.717, 1.165) is 33.7 Å². The molecule has 2 fully saturated rings. The molecule has 232 valence electrons. The Bertz CT molecular complexity index is 2210. The molecule has 1 spiro atoms. The normalized spacial score (nSPS) is 22.1. The van der Waals surface area contributed by atoms with Crippen LogP contribution in [0.5, 0.6) is 0 Å². The van der Waals surface area contributed by atoms with Gasteiger partial charge in [0.15, 0.2) is 23.2 Å². The van der Waals surface area contributed by atoms with E-state index in [1.165, 1.54) is 54.4 Å². The topological polar surface area (TPSA) is 43.0 Å². The van der Waals surface area contributed by atoms with E-state index in [4.69, 9.17) is 21.5 Å². The second-order valence-electron chi connectivity index (χ2n) is 13.9. The molecule has 0 radical (unpaired) electrons. The molecule has 3 aliphatic rings. The van der Waals surface area contributed by atoms with Gasteiger partial charge >= 0.3 is 0 Å². The second kappa shape index (κ2) is 11.4. The molecule has 3 aliphatic carbocycles. The highest BCUT2D eigenvalue weighted by atomic mass is 15.0. The number of nitrogens with zero attached hydrogens (tertiary/aromatic N) is 4. The van der Waals surface area contributed by atoms with Crippen LogP contribution < -0.4 is 0 Å². The van der Waals surface area contributed by atoms with Crippen molar-refractivity contribution in [3.05, 3.63) is 144 Å². The van der Waals surface area contributed by atoms with E-state index >= 15 is 0 Å². The van der Waals surface area contributed by atoms with Gasteiger partial charge in [-0.2, -0.15) is 0 Å². The molecule has 9 rings (SSSR count). The van der Waals surface area contributed by atoms with Crippen molar-refractivity contribution < 1.29 is 0 Å². The number of hydrogen-bond donors (Lipinski definition) is 0. The summed E-state index contributed by atoms with van der Waals surface area (Å²) in [5, 5.41) is 0. The van der Waals surface area contributed by atoms with E-state index in [9.17, 15) is 0 Å². The van der Waals surface area contributed by atoms with Crippen LogP contribution in [0.2, 0.25) is 0 Å². The zero-order chi connectivity index (χ0) is 32.2. The van der Waals surface area contributed by atoms with Gasteiger partial charge in [0.25, 0.3) is 0 Å². The molecule has 1 heterocycles. The zero-order valence-electron chi connectivity index (χ0n) is 27.1. The lowest BCUT2D eigenvalue weighted by molar-refractivity contribution is 0.0670. The molecule has 1 unspecified atom stereocenters. The van der Waals surface area contributed by atoms with Crippen LogP contribution in [0.25, 0.3) is 61.3 Å². The van der Waals surface area contributed by atoms with Gasteiger partial charge in [-0.15, -0.1) is 0 Å². The Hall–Kier alpha value is -5.40. The summed E-state index contributed by atoms with van der Waals surface area (Å²) < 4.78 is 0. The number of hydrogen-bond acceptors (Lipinski definition) is 3. The number of benzene rings is 5. The molecule has 0 amide bonds. The quantitative estimate of drug-likeness (QED) is 0.184. The lowest BCUT2D eigenvalue weighted by Crippen LogP contribution is -2.47. The molecular weight excluding hydrogens is 585 g/mol. The first-order valence-electron chi connectivity index (χ1n) is 17.3. The SMILES string of the molecule is [C-]#[N+]c1ccc(-c2cccc(-c3nc(-c4ccccc4)nc(-c4cccc5c4-c4ccccc4C54[C@H]5CCC[C@H](C5)C[C@H]4C)n3)c2)cc1. The maximum Gasteiger partial charge on any atom is 0.187 e. The van der Waals surface area contributed by atoms with Crippen LogP contribution in [0.3, 0.4) is 0 Å². The van der Waals surface area contributed by atoms with Gasteiger partial charge in [0.1, 0.15) is 0 Å². The lowest BCUT2D eigenvalue weighted by atomic mass is 9.51. The van der Waals surface area contributed by atoms with Gasteiger partial charge in [-0.25, -0.2) is 19.8 Å². The van der Waals surface area contributed by atoms with Gasteiger partial charge in [0.05, 0.1) is 6.57 Å². The minimum absolute atomic E-state index is 0.0219. The van der Waals surface area contributed by atoms with Crippen LogP contribution in [0, 0.1) is 24.3 Å². The Morgan fingerprint density at radius 2 is 1.27 bits per heavy atom. The largest absolute Gasteiger partial charge is 0.238 e. The van der Waals surface area contributed by atoms with Gasteiger partial charge in [-0.05, 0) is 76.5 Å². The monoisotopic (exact) mass is 620 g/mol. The van der Waals surface area contributed by atoms with Gasteiger partial charge < -0.3 is 0 Å². The summed E-state index contributed by atoms with van der Waals surface area (Å²) in [6.45, 7) is 9.85. The summed E-state index contributed by atoms with van der Waals surface area (Å²) in [5.74, 6) is 4.10. The summed E-state index contributed by atoms with van der Waals surface area (Å²) in [4.78, 5) is 19.1. The molecule has 1 aromatic heterocycles. The van der Waals surface area contributed by atoms with Crippen LogP contribution in [0.1, 0.15) is 50.2 Å². The summed E-state index contributed by atoms with van der Waals surface area (Å²) in [6.07, 6.45) is 6.63. The third-order valence-corrected chi connectivity index (χ3v) is 11.4. The predicted molar refractivity (Wildman–Crippen MR) is 193 cm³/mol. The summed E-state index contributed by atoms with van der Waals surface area (Å²) in [6, 6.07) is 42.4. The van der Waals surface area contributed by atoms with Crippen molar-refractivity contribution in [2.75, 3.05) is 0 Å². The maximum absolute atomic E-state index is 7.33. The van der Waals surface area contributed by atoms with E-state index in [0.29, 0.717) is 35.0 Å². The molecule has 4 atom stereocenters. The van der Waals surface area contributed by atoms with E-state index in [1.54, 1.807) is 0 Å². The molecule has 0 saturated heterocycles. The van der Waals surface area contributed by atoms with Crippen LogP contribution in [0.15, 0.2) is 121 Å². The smallest absolute Gasteiger partial charge is 0.187 e. The van der Waals surface area contributed by atoms with Crippen molar-refractivity contribution in [3.63, 3.8) is 0 Å². The van der Waals surface area contributed by atoms with Crippen molar-refractivity contribution >= 4 is 5.69 Å². The Morgan fingerprint density at radius 1 is 0.604 bits per heavy atom. The molecule has 5 aromatic carbocycles. The average Bonchev–Trinajstić information content (AvgIpc) is 3.46. The van der Waals surface area contributed by atoms with Crippen LogP contribution in [-0.2, 0) is 5.41 Å². The molecule has 0 N–H and O–H groups in total. The fourth-order valence-electron chi connectivity index (χ4n) is 9.47. The van der Waals surface area contributed by atoms with Gasteiger partial charge in [-0.3, -0.25) is 0 Å². The number of aromatic nitrogens is 3. The van der Waals surface area contributed by atoms with E-state index in [1.807, 2.05) is 42.5 Å². The third kappa shape index (κ3) is 4.45. The Kier molecular flexibility index (Phi) is 6.83. The van der Waals surface area contributed by atoms with Crippen LogP contribution in [-0.4, -0.2) is 15.0 Å². The highest BCUT2D eigenvalue weighted by Crippen LogP contribution is 2.64. The molecule has 4 heteroatoms. The average molecular weight is 621 g/mol. The minimum Gasteiger partial charge on any atom is -0.238 e. The fraction of sp³-hybridized carbons (Fsp3) is 0.227. The van der Waals surface area contributed by atoms with Crippen molar-refractivity contribution in [2.24, 2.45) is 17.8 Å². The van der Waals surface area contributed by atoms with Crippen LogP contribution >= 0.6 is 0 Å². The predicted octanol–water partition coefficient (Wildman–Crippen LogP) is 11.2. The summed E-state index contributed by atoms with van der Waals surface area (Å²) in [5.41, 5.74) is 11.3. The highest BCUT2D eigenvalue weighted by Gasteiger charge is 2.56. The Morgan fingerprint density at radius 3 is 2.10 bits per heavy atom. The van der Waals surface area contributed by atoms with E-state index in [-0.39, 0.29) is 5.41 Å². The van der Waals surface area contributed by atoms with Gasteiger partial charge in [-0.1, -0.05) is 135 Å². The third-order valence-electron chi connectivity index (χ3n) is 11.4.